The van der Waals surface area contributed by atoms with Crippen LogP contribution in [0.1, 0.15) is 35.6 Å². The van der Waals surface area contributed by atoms with Crippen LogP contribution in [0.2, 0.25) is 0 Å². The van der Waals surface area contributed by atoms with E-state index in [0.29, 0.717) is 12.0 Å². The van der Waals surface area contributed by atoms with E-state index in [1.165, 1.54) is 64.1 Å². The highest BCUT2D eigenvalue weighted by Gasteiger charge is 2.42. The van der Waals surface area contributed by atoms with Crippen LogP contribution in [-0.2, 0) is 4.79 Å². The lowest BCUT2D eigenvalue weighted by Crippen LogP contribution is -2.26. The normalized spacial score (nSPS) is 18.7. The number of anilines is 2. The summed E-state index contributed by atoms with van der Waals surface area (Å²) < 4.78 is 0. The molecule has 2 unspecified atom stereocenters. The van der Waals surface area contributed by atoms with Crippen molar-refractivity contribution in [1.29, 1.82) is 5.26 Å². The van der Waals surface area contributed by atoms with Crippen LogP contribution in [0, 0.1) is 11.3 Å². The van der Waals surface area contributed by atoms with Gasteiger partial charge in [-0.2, -0.15) is 5.26 Å². The molecule has 2 aromatic heterocycles. The number of aliphatic carboxylic acids is 1. The van der Waals surface area contributed by atoms with Crippen LogP contribution in [0.25, 0.3) is 26.3 Å². The number of hydrogen-bond acceptors (Lipinski definition) is 6. The fourth-order valence-corrected chi connectivity index (χ4v) is 7.62. The summed E-state index contributed by atoms with van der Waals surface area (Å²) in [4.78, 5) is 18.8. The number of nitriles is 1. The Morgan fingerprint density at radius 2 is 1.75 bits per heavy atom. The predicted octanol–water partition coefficient (Wildman–Crippen LogP) is 8.21. The van der Waals surface area contributed by atoms with Crippen molar-refractivity contribution in [2.24, 2.45) is 0 Å². The van der Waals surface area contributed by atoms with Gasteiger partial charge in [0.05, 0.1) is 0 Å². The molecule has 6 rings (SSSR count). The van der Waals surface area contributed by atoms with Gasteiger partial charge in [0.2, 0.25) is 0 Å². The van der Waals surface area contributed by atoms with Gasteiger partial charge in [-0.1, -0.05) is 12.5 Å². The largest absolute Gasteiger partial charge is 0.477 e. The predicted molar refractivity (Wildman–Crippen MR) is 151 cm³/mol. The first-order valence-electron chi connectivity index (χ1n) is 11.8. The van der Waals surface area contributed by atoms with Crippen LogP contribution in [0.3, 0.4) is 0 Å². The number of nitrogens with zero attached hydrogens (tertiary/aromatic N) is 2. The highest BCUT2D eigenvalue weighted by atomic mass is 32.1. The van der Waals surface area contributed by atoms with Gasteiger partial charge in [-0.15, -0.1) is 35.3 Å². The maximum Gasteiger partial charge on any atom is 0.346 e. The van der Waals surface area contributed by atoms with Crippen LogP contribution in [0.15, 0.2) is 77.2 Å². The van der Waals surface area contributed by atoms with Crippen LogP contribution < -0.4 is 4.90 Å². The Labute approximate surface area is 223 Å². The third-order valence-corrected chi connectivity index (χ3v) is 9.68. The Balaban J connectivity index is 1.31. The molecule has 3 heterocycles. The number of benzene rings is 2. The van der Waals surface area contributed by atoms with Gasteiger partial charge in [0.15, 0.2) is 0 Å². The van der Waals surface area contributed by atoms with E-state index in [9.17, 15) is 4.79 Å². The Hall–Kier alpha value is -3.31. The topological polar surface area (TPSA) is 64.3 Å². The molecule has 1 N–H and O–H groups in total. The monoisotopic (exact) mass is 526 g/mol. The molecule has 0 bridgehead atoms. The van der Waals surface area contributed by atoms with E-state index in [2.05, 4.69) is 72.1 Å². The summed E-state index contributed by atoms with van der Waals surface area (Å²) in [7, 11) is 0. The highest BCUT2D eigenvalue weighted by molar-refractivity contribution is 7.80. The molecule has 7 heteroatoms. The molecule has 2 aliphatic rings. The van der Waals surface area contributed by atoms with Crippen molar-refractivity contribution in [1.82, 2.24) is 0 Å². The van der Waals surface area contributed by atoms with Crippen molar-refractivity contribution in [3.8, 4) is 26.3 Å². The molecule has 1 saturated carbocycles. The van der Waals surface area contributed by atoms with Gasteiger partial charge < -0.3 is 10.0 Å². The van der Waals surface area contributed by atoms with Crippen LogP contribution in [0.4, 0.5) is 11.4 Å². The van der Waals surface area contributed by atoms with Gasteiger partial charge in [0, 0.05) is 47.7 Å². The van der Waals surface area contributed by atoms with Crippen LogP contribution >= 0.6 is 35.3 Å². The summed E-state index contributed by atoms with van der Waals surface area (Å²) in [6.07, 6.45) is 5.13. The molecule has 0 amide bonds. The second-order valence-electron chi connectivity index (χ2n) is 9.11. The number of carboxylic acids is 1. The minimum Gasteiger partial charge on any atom is -0.477 e. The van der Waals surface area contributed by atoms with Crippen molar-refractivity contribution in [3.05, 3.63) is 82.7 Å². The van der Waals surface area contributed by atoms with E-state index in [0.717, 1.165) is 19.5 Å². The molecule has 0 saturated heterocycles. The minimum absolute atomic E-state index is 0.255. The molecule has 1 fully saturated rings. The van der Waals surface area contributed by atoms with Crippen molar-refractivity contribution < 1.29 is 9.90 Å². The maximum absolute atomic E-state index is 11.1. The van der Waals surface area contributed by atoms with Gasteiger partial charge in [-0.3, -0.25) is 0 Å². The second-order valence-corrected chi connectivity index (χ2v) is 11.8. The average molecular weight is 527 g/mol. The molecule has 2 aromatic carbocycles. The number of carbonyl (C=O) groups is 1. The molecule has 4 nitrogen and oxygen atoms in total. The minimum atomic E-state index is -1.20. The molecule has 1 aliphatic carbocycles. The highest BCUT2D eigenvalue weighted by Crippen LogP contribution is 2.53. The molecule has 36 heavy (non-hydrogen) atoms. The molecule has 2 atom stereocenters. The van der Waals surface area contributed by atoms with E-state index in [-0.39, 0.29) is 5.57 Å². The first-order chi connectivity index (χ1) is 17.5. The quantitative estimate of drug-likeness (QED) is 0.156. The molecule has 0 radical (unpaired) electrons. The van der Waals surface area contributed by atoms with Gasteiger partial charge in [0.1, 0.15) is 11.6 Å². The summed E-state index contributed by atoms with van der Waals surface area (Å²) in [6, 6.07) is 25.8. The van der Waals surface area contributed by atoms with Gasteiger partial charge in [0.25, 0.3) is 0 Å². The first-order valence-corrected chi connectivity index (χ1v) is 13.9. The lowest BCUT2D eigenvalue weighted by atomic mass is 9.95. The molecule has 4 aromatic rings. The molecule has 1 aliphatic heterocycles. The summed E-state index contributed by atoms with van der Waals surface area (Å²) in [6.45, 7) is 0. The molecular weight excluding hydrogens is 505 g/mol. The number of fused-ring (bicyclic) bond motifs is 3. The molecular formula is C29H22N2O2S3. The van der Waals surface area contributed by atoms with E-state index in [1.807, 2.05) is 12.1 Å². The van der Waals surface area contributed by atoms with Crippen LogP contribution in [0.5, 0.6) is 0 Å². The lowest BCUT2D eigenvalue weighted by molar-refractivity contribution is -0.132. The van der Waals surface area contributed by atoms with Gasteiger partial charge in [-0.05, 0) is 90.7 Å². The van der Waals surface area contributed by atoms with Crippen molar-refractivity contribution in [2.45, 2.75) is 36.1 Å². The smallest absolute Gasteiger partial charge is 0.346 e. The first kappa shape index (κ1) is 23.1. The van der Waals surface area contributed by atoms with Gasteiger partial charge >= 0.3 is 5.97 Å². The van der Waals surface area contributed by atoms with E-state index < -0.39 is 5.97 Å². The SMILES string of the molecule is N#CC(=Cc1ccc(-c2ccc(-c3ccc4c(c3)C3CCCC3N4c3ccc(S)cc3)s2)s1)C(=O)O. The average Bonchev–Trinajstić information content (AvgIpc) is 3.67. The standard InChI is InChI=1S/C29H22N2O2S3/c30-16-18(29(32)33)14-21-9-11-27(35-21)28-13-12-26(36-28)17-4-10-25-23(15-17)22-2-1-3-24(22)31(25)19-5-7-20(34)8-6-19/h4-15,22,24,34H,1-3H2,(H,32,33). The number of rotatable bonds is 5. The third kappa shape index (κ3) is 4.05. The molecule has 0 spiro atoms. The molecule has 178 valence electrons. The zero-order valence-corrected chi connectivity index (χ0v) is 21.7. The Bertz CT molecular complexity index is 1540. The zero-order valence-electron chi connectivity index (χ0n) is 19.2. The number of thiol groups is 1. The summed E-state index contributed by atoms with van der Waals surface area (Å²) in [5.41, 5.74) is 4.98. The van der Waals surface area contributed by atoms with E-state index >= 15 is 0 Å². The Morgan fingerprint density at radius 3 is 2.53 bits per heavy atom. The lowest BCUT2D eigenvalue weighted by Gasteiger charge is -2.27. The van der Waals surface area contributed by atoms with Crippen LogP contribution in [-0.4, -0.2) is 17.1 Å². The number of thiophene rings is 2. The number of carboxylic acid groups (broad SMARTS) is 1. The van der Waals surface area contributed by atoms with Crippen molar-refractivity contribution in [3.63, 3.8) is 0 Å². The summed E-state index contributed by atoms with van der Waals surface area (Å²) in [5.74, 6) is -0.644. The number of hydrogen-bond donors (Lipinski definition) is 2. The second kappa shape index (κ2) is 9.29. The summed E-state index contributed by atoms with van der Waals surface area (Å²) in [5, 5.41) is 18.1. The Morgan fingerprint density at radius 1 is 1.00 bits per heavy atom. The maximum atomic E-state index is 11.1. The van der Waals surface area contributed by atoms with Gasteiger partial charge in [-0.25, -0.2) is 4.79 Å². The fourth-order valence-electron chi connectivity index (χ4n) is 5.43. The Kier molecular flexibility index (Phi) is 5.96. The third-order valence-electron chi connectivity index (χ3n) is 7.02. The van der Waals surface area contributed by atoms with E-state index in [1.54, 1.807) is 17.4 Å². The zero-order chi connectivity index (χ0) is 24.8. The fraction of sp³-hybridized carbons (Fsp3) is 0.172. The van der Waals surface area contributed by atoms with Crippen molar-refractivity contribution >= 4 is 58.7 Å². The van der Waals surface area contributed by atoms with E-state index in [4.69, 9.17) is 10.4 Å². The van der Waals surface area contributed by atoms with Crippen molar-refractivity contribution in [2.75, 3.05) is 4.90 Å². The summed E-state index contributed by atoms with van der Waals surface area (Å²) >= 11 is 7.69.